The van der Waals surface area contributed by atoms with Gasteiger partial charge in [0.05, 0.1) is 23.5 Å². The summed E-state index contributed by atoms with van der Waals surface area (Å²) in [5, 5.41) is 12.0. The van der Waals surface area contributed by atoms with Gasteiger partial charge in [-0.25, -0.2) is 19.3 Å². The highest BCUT2D eigenvalue weighted by Crippen LogP contribution is 2.09. The van der Waals surface area contributed by atoms with Crippen LogP contribution in [0.4, 0.5) is 5.69 Å². The Labute approximate surface area is 146 Å². The Morgan fingerprint density at radius 3 is 2.73 bits per heavy atom. The van der Waals surface area contributed by atoms with E-state index in [1.807, 2.05) is 6.07 Å². The summed E-state index contributed by atoms with van der Waals surface area (Å²) in [5.41, 5.74) is 0.200. The highest BCUT2D eigenvalue weighted by Gasteiger charge is 2.09. The van der Waals surface area contributed by atoms with E-state index in [0.29, 0.717) is 16.9 Å². The molecule has 128 valence electrons. The molecule has 0 saturated carbocycles. The highest BCUT2D eigenvalue weighted by atomic mass is 16.2. The van der Waals surface area contributed by atoms with Gasteiger partial charge in [0.15, 0.2) is 5.82 Å². The SMILES string of the molecule is O=C(Cn1ncc2ccccc2c1=O)Nc1ccc(-n2cncn2)nc1. The zero-order valence-electron chi connectivity index (χ0n) is 13.5. The summed E-state index contributed by atoms with van der Waals surface area (Å²) < 4.78 is 2.64. The summed E-state index contributed by atoms with van der Waals surface area (Å²) in [6, 6.07) is 10.5. The van der Waals surface area contributed by atoms with Crippen LogP contribution < -0.4 is 10.9 Å². The summed E-state index contributed by atoms with van der Waals surface area (Å²) >= 11 is 0. The molecule has 26 heavy (non-hydrogen) atoms. The zero-order valence-corrected chi connectivity index (χ0v) is 13.5. The second-order valence-corrected chi connectivity index (χ2v) is 5.49. The maximum atomic E-state index is 12.4. The van der Waals surface area contributed by atoms with Crippen molar-refractivity contribution in [3.05, 3.63) is 71.8 Å². The van der Waals surface area contributed by atoms with Crippen LogP contribution in [0.5, 0.6) is 0 Å². The Balaban J connectivity index is 1.49. The number of amides is 1. The summed E-state index contributed by atoms with van der Waals surface area (Å²) in [5.74, 6) is 0.207. The van der Waals surface area contributed by atoms with E-state index in [4.69, 9.17) is 0 Å². The molecule has 4 aromatic rings. The Morgan fingerprint density at radius 2 is 1.96 bits per heavy atom. The number of benzene rings is 1. The van der Waals surface area contributed by atoms with E-state index < -0.39 is 0 Å². The van der Waals surface area contributed by atoms with Gasteiger partial charge in [0.1, 0.15) is 19.2 Å². The number of hydrogen-bond donors (Lipinski definition) is 1. The fraction of sp³-hybridized carbons (Fsp3) is 0.0588. The molecular formula is C17H13N7O2. The van der Waals surface area contributed by atoms with E-state index in [1.54, 1.807) is 36.5 Å². The number of aromatic nitrogens is 6. The van der Waals surface area contributed by atoms with E-state index >= 15 is 0 Å². The van der Waals surface area contributed by atoms with E-state index in [-0.39, 0.29) is 18.0 Å². The predicted molar refractivity (Wildman–Crippen MR) is 93.8 cm³/mol. The van der Waals surface area contributed by atoms with Crippen LogP contribution in [0.2, 0.25) is 0 Å². The molecule has 0 aliphatic carbocycles. The molecule has 0 atom stereocenters. The minimum Gasteiger partial charge on any atom is -0.323 e. The minimum atomic E-state index is -0.370. The first kappa shape index (κ1) is 15.6. The maximum absolute atomic E-state index is 12.4. The van der Waals surface area contributed by atoms with Crippen molar-refractivity contribution in [1.82, 2.24) is 29.5 Å². The normalized spacial score (nSPS) is 10.8. The molecule has 4 rings (SSSR count). The number of hydrogen-bond acceptors (Lipinski definition) is 6. The largest absolute Gasteiger partial charge is 0.323 e. The number of fused-ring (bicyclic) bond motifs is 1. The monoisotopic (exact) mass is 347 g/mol. The Kier molecular flexibility index (Phi) is 3.94. The second-order valence-electron chi connectivity index (χ2n) is 5.49. The van der Waals surface area contributed by atoms with Crippen molar-refractivity contribution >= 4 is 22.4 Å². The molecule has 3 aromatic heterocycles. The lowest BCUT2D eigenvalue weighted by molar-refractivity contribution is -0.117. The van der Waals surface area contributed by atoms with E-state index in [1.165, 1.54) is 23.5 Å². The number of nitrogens with zero attached hydrogens (tertiary/aromatic N) is 6. The van der Waals surface area contributed by atoms with Crippen LogP contribution in [0.25, 0.3) is 16.6 Å². The van der Waals surface area contributed by atoms with Crippen LogP contribution in [0.1, 0.15) is 0 Å². The van der Waals surface area contributed by atoms with Crippen LogP contribution in [0.3, 0.4) is 0 Å². The van der Waals surface area contributed by atoms with Crippen molar-refractivity contribution in [1.29, 1.82) is 0 Å². The summed E-state index contributed by atoms with van der Waals surface area (Å²) in [6.07, 6.45) is 6.01. The fourth-order valence-electron chi connectivity index (χ4n) is 2.50. The maximum Gasteiger partial charge on any atom is 0.275 e. The summed E-state index contributed by atoms with van der Waals surface area (Å²) in [4.78, 5) is 32.7. The van der Waals surface area contributed by atoms with Gasteiger partial charge in [-0.15, -0.1) is 0 Å². The molecule has 9 nitrogen and oxygen atoms in total. The molecule has 0 radical (unpaired) electrons. The molecule has 0 unspecified atom stereocenters. The molecule has 3 heterocycles. The van der Waals surface area contributed by atoms with Crippen LogP contribution in [0.15, 0.2) is 66.2 Å². The van der Waals surface area contributed by atoms with Crippen molar-refractivity contribution < 1.29 is 4.79 Å². The first-order chi connectivity index (χ1) is 12.7. The van der Waals surface area contributed by atoms with Gasteiger partial charge in [0.2, 0.25) is 5.91 Å². The molecular weight excluding hydrogens is 334 g/mol. The lowest BCUT2D eigenvalue weighted by atomic mass is 10.2. The lowest BCUT2D eigenvalue weighted by Crippen LogP contribution is -2.29. The molecule has 0 bridgehead atoms. The number of rotatable bonds is 4. The summed E-state index contributed by atoms with van der Waals surface area (Å²) in [6.45, 7) is -0.186. The van der Waals surface area contributed by atoms with Gasteiger partial charge < -0.3 is 5.32 Å². The quantitative estimate of drug-likeness (QED) is 0.590. The molecule has 9 heteroatoms. The average Bonchev–Trinajstić information content (AvgIpc) is 3.20. The molecule has 0 fully saturated rings. The van der Waals surface area contributed by atoms with Gasteiger partial charge in [0.25, 0.3) is 5.56 Å². The van der Waals surface area contributed by atoms with E-state index in [9.17, 15) is 9.59 Å². The van der Waals surface area contributed by atoms with Gasteiger partial charge in [-0.2, -0.15) is 10.2 Å². The fourth-order valence-corrected chi connectivity index (χ4v) is 2.50. The van der Waals surface area contributed by atoms with Crippen LogP contribution in [0, 0.1) is 0 Å². The average molecular weight is 347 g/mol. The minimum absolute atomic E-state index is 0.186. The van der Waals surface area contributed by atoms with E-state index in [0.717, 1.165) is 10.1 Å². The Hall–Kier alpha value is -3.88. The molecule has 1 aromatic carbocycles. The van der Waals surface area contributed by atoms with Crippen LogP contribution in [-0.2, 0) is 11.3 Å². The Morgan fingerprint density at radius 1 is 1.08 bits per heavy atom. The first-order valence-electron chi connectivity index (χ1n) is 7.76. The summed E-state index contributed by atoms with van der Waals surface area (Å²) in [7, 11) is 0. The van der Waals surface area contributed by atoms with Gasteiger partial charge in [-0.3, -0.25) is 9.59 Å². The highest BCUT2D eigenvalue weighted by molar-refractivity contribution is 5.90. The van der Waals surface area contributed by atoms with Gasteiger partial charge in [0, 0.05) is 5.39 Å². The molecule has 1 amide bonds. The van der Waals surface area contributed by atoms with Crippen LogP contribution in [-0.4, -0.2) is 35.4 Å². The van der Waals surface area contributed by atoms with Crippen LogP contribution >= 0.6 is 0 Å². The third-order valence-electron chi connectivity index (χ3n) is 3.74. The van der Waals surface area contributed by atoms with Gasteiger partial charge in [-0.05, 0) is 18.2 Å². The lowest BCUT2D eigenvalue weighted by Gasteiger charge is -2.08. The zero-order chi connectivity index (χ0) is 17.9. The molecule has 0 spiro atoms. The number of nitrogens with one attached hydrogen (secondary N) is 1. The van der Waals surface area contributed by atoms with Crippen molar-refractivity contribution in [3.63, 3.8) is 0 Å². The first-order valence-corrected chi connectivity index (χ1v) is 7.76. The van der Waals surface area contributed by atoms with Crippen molar-refractivity contribution in [2.24, 2.45) is 0 Å². The smallest absolute Gasteiger partial charge is 0.275 e. The van der Waals surface area contributed by atoms with Gasteiger partial charge >= 0.3 is 0 Å². The topological polar surface area (TPSA) is 108 Å². The standard InChI is InChI=1S/C17H13N7O2/c25-16(9-23-17(26)14-4-2-1-3-12(14)7-20-23)22-13-5-6-15(19-8-13)24-11-18-10-21-24/h1-8,10-11H,9H2,(H,22,25). The molecule has 0 saturated heterocycles. The van der Waals surface area contributed by atoms with Crippen molar-refractivity contribution in [2.75, 3.05) is 5.32 Å². The van der Waals surface area contributed by atoms with Crippen molar-refractivity contribution in [3.8, 4) is 5.82 Å². The Bertz CT molecular complexity index is 1120. The number of carbonyl (C=O) groups excluding carboxylic acids is 1. The van der Waals surface area contributed by atoms with Gasteiger partial charge in [-0.1, -0.05) is 18.2 Å². The third kappa shape index (κ3) is 3.05. The second kappa shape index (κ2) is 6.55. The third-order valence-corrected chi connectivity index (χ3v) is 3.74. The number of pyridine rings is 1. The molecule has 0 aliphatic rings. The molecule has 0 aliphatic heterocycles. The molecule has 1 N–H and O–H groups in total. The van der Waals surface area contributed by atoms with Crippen molar-refractivity contribution in [2.45, 2.75) is 6.54 Å². The number of anilines is 1. The van der Waals surface area contributed by atoms with E-state index in [2.05, 4.69) is 25.5 Å². The number of carbonyl (C=O) groups is 1. The predicted octanol–water partition coefficient (Wildman–Crippen LogP) is 1.01.